The second kappa shape index (κ2) is 4.69. The van der Waals surface area contributed by atoms with Gasteiger partial charge in [-0.1, -0.05) is 18.2 Å². The molecule has 1 heterocycles. The molecule has 1 aromatic carbocycles. The van der Waals surface area contributed by atoms with Gasteiger partial charge in [-0.15, -0.1) is 0 Å². The van der Waals surface area contributed by atoms with Gasteiger partial charge in [-0.3, -0.25) is 4.98 Å². The number of aromatic nitrogens is 1. The third kappa shape index (κ3) is 2.44. The highest BCUT2D eigenvalue weighted by Gasteiger charge is 2.16. The van der Waals surface area contributed by atoms with E-state index >= 15 is 0 Å². The summed E-state index contributed by atoms with van der Waals surface area (Å²) in [6, 6.07) is 7.93. The number of carbonyl (C=O) groups is 1. The molecule has 0 bridgehead atoms. The first-order chi connectivity index (χ1) is 8.18. The SMILES string of the molecule is O=C(Oc1c(F)cncc1F)c1ccccc1. The van der Waals surface area contributed by atoms with Crippen molar-refractivity contribution in [3.05, 3.63) is 59.9 Å². The highest BCUT2D eigenvalue weighted by atomic mass is 19.1. The first kappa shape index (κ1) is 11.2. The van der Waals surface area contributed by atoms with E-state index in [4.69, 9.17) is 0 Å². The van der Waals surface area contributed by atoms with Crippen molar-refractivity contribution in [2.24, 2.45) is 0 Å². The number of ether oxygens (including phenoxy) is 1. The maximum Gasteiger partial charge on any atom is 0.343 e. The number of hydrogen-bond acceptors (Lipinski definition) is 3. The van der Waals surface area contributed by atoms with Gasteiger partial charge in [0, 0.05) is 0 Å². The molecule has 1 aromatic heterocycles. The van der Waals surface area contributed by atoms with Crippen LogP contribution in [0.3, 0.4) is 0 Å². The zero-order valence-electron chi connectivity index (χ0n) is 8.56. The lowest BCUT2D eigenvalue weighted by Gasteiger charge is -2.05. The largest absolute Gasteiger partial charge is 0.416 e. The smallest absolute Gasteiger partial charge is 0.343 e. The molecule has 2 rings (SSSR count). The van der Waals surface area contributed by atoms with Crippen LogP contribution in [0.5, 0.6) is 5.75 Å². The summed E-state index contributed by atoms with van der Waals surface area (Å²) in [6.07, 6.45) is 1.55. The number of halogens is 2. The van der Waals surface area contributed by atoms with Gasteiger partial charge in [0.25, 0.3) is 0 Å². The van der Waals surface area contributed by atoms with Crippen LogP contribution >= 0.6 is 0 Å². The van der Waals surface area contributed by atoms with Crippen LogP contribution in [0.2, 0.25) is 0 Å². The molecule has 0 amide bonds. The molecule has 0 aliphatic carbocycles. The second-order valence-corrected chi connectivity index (χ2v) is 3.19. The second-order valence-electron chi connectivity index (χ2n) is 3.19. The van der Waals surface area contributed by atoms with Crippen LogP contribution < -0.4 is 4.74 Å². The number of carbonyl (C=O) groups excluding carboxylic acids is 1. The van der Waals surface area contributed by atoms with Gasteiger partial charge in [-0.25, -0.2) is 13.6 Å². The highest BCUT2D eigenvalue weighted by Crippen LogP contribution is 2.20. The van der Waals surface area contributed by atoms with E-state index in [9.17, 15) is 13.6 Å². The van der Waals surface area contributed by atoms with E-state index in [0.29, 0.717) is 0 Å². The van der Waals surface area contributed by atoms with Gasteiger partial charge in [0.1, 0.15) is 0 Å². The van der Waals surface area contributed by atoms with Crippen molar-refractivity contribution in [3.63, 3.8) is 0 Å². The van der Waals surface area contributed by atoms with Gasteiger partial charge in [0.2, 0.25) is 5.75 Å². The Hall–Kier alpha value is -2.30. The number of pyridine rings is 1. The fourth-order valence-electron chi connectivity index (χ4n) is 1.22. The predicted molar refractivity (Wildman–Crippen MR) is 55.6 cm³/mol. The molecule has 0 aliphatic heterocycles. The van der Waals surface area contributed by atoms with E-state index in [1.54, 1.807) is 18.2 Å². The van der Waals surface area contributed by atoms with Crippen LogP contribution in [-0.4, -0.2) is 11.0 Å². The maximum atomic E-state index is 13.1. The fraction of sp³-hybridized carbons (Fsp3) is 0. The summed E-state index contributed by atoms with van der Waals surface area (Å²) in [5.41, 5.74) is 0.211. The Morgan fingerprint density at radius 1 is 1.06 bits per heavy atom. The molecule has 2 aromatic rings. The minimum absolute atomic E-state index is 0.211. The molecule has 0 saturated carbocycles. The minimum atomic E-state index is -1.02. The van der Waals surface area contributed by atoms with Gasteiger partial charge < -0.3 is 4.74 Å². The lowest BCUT2D eigenvalue weighted by molar-refractivity contribution is 0.0720. The van der Waals surface area contributed by atoms with E-state index in [2.05, 4.69) is 9.72 Å². The molecule has 0 aliphatic rings. The van der Waals surface area contributed by atoms with E-state index in [0.717, 1.165) is 12.4 Å². The van der Waals surface area contributed by atoms with Gasteiger partial charge in [-0.2, -0.15) is 0 Å². The Balaban J connectivity index is 2.25. The number of benzene rings is 1. The highest BCUT2D eigenvalue weighted by molar-refractivity contribution is 5.90. The maximum absolute atomic E-state index is 13.1. The Morgan fingerprint density at radius 3 is 2.24 bits per heavy atom. The van der Waals surface area contributed by atoms with Crippen LogP contribution in [0.15, 0.2) is 42.7 Å². The summed E-state index contributed by atoms with van der Waals surface area (Å²) in [5.74, 6) is -3.60. The molecule has 0 N–H and O–H groups in total. The molecule has 17 heavy (non-hydrogen) atoms. The van der Waals surface area contributed by atoms with Crippen LogP contribution in [0.4, 0.5) is 8.78 Å². The van der Waals surface area contributed by atoms with Crippen molar-refractivity contribution >= 4 is 5.97 Å². The molecule has 0 saturated heterocycles. The standard InChI is InChI=1S/C12H7F2NO2/c13-9-6-15-7-10(14)11(9)17-12(16)8-4-2-1-3-5-8/h1-7H. The topological polar surface area (TPSA) is 39.2 Å². The summed E-state index contributed by atoms with van der Waals surface area (Å²) >= 11 is 0. The Kier molecular flexibility index (Phi) is 3.09. The van der Waals surface area contributed by atoms with Crippen LogP contribution in [0.25, 0.3) is 0 Å². The third-order valence-corrected chi connectivity index (χ3v) is 2.01. The van der Waals surface area contributed by atoms with Gasteiger partial charge in [0.05, 0.1) is 18.0 Å². The zero-order chi connectivity index (χ0) is 12.3. The lowest BCUT2D eigenvalue weighted by Crippen LogP contribution is -2.10. The average molecular weight is 235 g/mol. The van der Waals surface area contributed by atoms with Crippen molar-refractivity contribution in [1.82, 2.24) is 4.98 Å². The molecule has 0 unspecified atom stereocenters. The van der Waals surface area contributed by atoms with Gasteiger partial charge >= 0.3 is 5.97 Å². The van der Waals surface area contributed by atoms with E-state index in [-0.39, 0.29) is 5.56 Å². The molecular formula is C12H7F2NO2. The Morgan fingerprint density at radius 2 is 1.65 bits per heavy atom. The summed E-state index contributed by atoms with van der Waals surface area (Å²) in [7, 11) is 0. The number of rotatable bonds is 2. The van der Waals surface area contributed by atoms with Crippen molar-refractivity contribution < 1.29 is 18.3 Å². The fourth-order valence-corrected chi connectivity index (χ4v) is 1.22. The normalized spacial score (nSPS) is 10.0. The number of nitrogens with zero attached hydrogens (tertiary/aromatic N) is 1. The molecular weight excluding hydrogens is 228 g/mol. The summed E-state index contributed by atoms with van der Waals surface area (Å²) in [6.45, 7) is 0. The first-order valence-electron chi connectivity index (χ1n) is 4.74. The molecule has 0 atom stereocenters. The average Bonchev–Trinajstić information content (AvgIpc) is 2.35. The van der Waals surface area contributed by atoms with E-state index in [1.807, 2.05) is 0 Å². The van der Waals surface area contributed by atoms with Crippen LogP contribution in [-0.2, 0) is 0 Å². The zero-order valence-corrected chi connectivity index (χ0v) is 8.56. The molecule has 3 nitrogen and oxygen atoms in total. The van der Waals surface area contributed by atoms with Gasteiger partial charge in [-0.05, 0) is 12.1 Å². The summed E-state index contributed by atoms with van der Waals surface area (Å²) < 4.78 is 30.9. The summed E-state index contributed by atoms with van der Waals surface area (Å²) in [4.78, 5) is 14.8. The molecule has 86 valence electrons. The molecule has 0 radical (unpaired) electrons. The monoisotopic (exact) mass is 235 g/mol. The van der Waals surface area contributed by atoms with Crippen molar-refractivity contribution in [2.45, 2.75) is 0 Å². The van der Waals surface area contributed by atoms with Crippen molar-refractivity contribution in [3.8, 4) is 5.75 Å². The van der Waals surface area contributed by atoms with Crippen LogP contribution in [0.1, 0.15) is 10.4 Å². The minimum Gasteiger partial charge on any atom is -0.416 e. The van der Waals surface area contributed by atoms with Gasteiger partial charge in [0.15, 0.2) is 11.6 Å². The quantitative estimate of drug-likeness (QED) is 0.751. The lowest BCUT2D eigenvalue weighted by atomic mass is 10.2. The summed E-state index contributed by atoms with van der Waals surface area (Å²) in [5, 5.41) is 0. The number of esters is 1. The van der Waals surface area contributed by atoms with E-state index in [1.165, 1.54) is 12.1 Å². The third-order valence-electron chi connectivity index (χ3n) is 2.01. The first-order valence-corrected chi connectivity index (χ1v) is 4.74. The number of hydrogen-bond donors (Lipinski definition) is 0. The Labute approximate surface area is 95.7 Å². The molecule has 0 spiro atoms. The predicted octanol–water partition coefficient (Wildman–Crippen LogP) is 2.58. The molecule has 0 fully saturated rings. The Bertz CT molecular complexity index is 523. The van der Waals surface area contributed by atoms with Crippen LogP contribution in [0, 0.1) is 11.6 Å². The van der Waals surface area contributed by atoms with Crippen molar-refractivity contribution in [1.29, 1.82) is 0 Å². The van der Waals surface area contributed by atoms with E-state index < -0.39 is 23.4 Å². The molecule has 5 heteroatoms. The van der Waals surface area contributed by atoms with Crippen molar-refractivity contribution in [2.75, 3.05) is 0 Å².